The maximum absolute atomic E-state index is 12.6. The Bertz CT molecular complexity index is 604. The van der Waals surface area contributed by atoms with Crippen molar-refractivity contribution in [3.63, 3.8) is 0 Å². The zero-order valence-electron chi connectivity index (χ0n) is 16.3. The highest BCUT2D eigenvalue weighted by Crippen LogP contribution is 2.21. The van der Waals surface area contributed by atoms with Crippen LogP contribution < -0.4 is 0 Å². The van der Waals surface area contributed by atoms with Crippen molar-refractivity contribution in [3.8, 4) is 0 Å². The lowest BCUT2D eigenvalue weighted by Crippen LogP contribution is -2.51. The van der Waals surface area contributed by atoms with Crippen molar-refractivity contribution in [3.05, 3.63) is 11.1 Å². The Labute approximate surface area is 149 Å². The van der Waals surface area contributed by atoms with Gasteiger partial charge in [-0.05, 0) is 40.5 Å². The van der Waals surface area contributed by atoms with Crippen LogP contribution in [0, 0.1) is 5.92 Å². The highest BCUT2D eigenvalue weighted by molar-refractivity contribution is 6.19. The molecule has 0 aromatic heterocycles. The van der Waals surface area contributed by atoms with Crippen molar-refractivity contribution in [2.75, 3.05) is 13.6 Å². The minimum atomic E-state index is -0.797. The summed E-state index contributed by atoms with van der Waals surface area (Å²) in [6, 6.07) is -0.797. The Kier molecular flexibility index (Phi) is 6.15. The number of carbonyl (C=O) groups excluding carboxylic acids is 4. The molecule has 0 saturated heterocycles. The van der Waals surface area contributed by atoms with Crippen LogP contribution in [0.1, 0.15) is 48.5 Å². The fraction of sp³-hybridized carbons (Fsp3) is 0.667. The van der Waals surface area contributed by atoms with Crippen LogP contribution in [0.2, 0.25) is 0 Å². The van der Waals surface area contributed by atoms with Crippen molar-refractivity contribution in [2.24, 2.45) is 5.92 Å². The Morgan fingerprint density at radius 1 is 1.08 bits per heavy atom. The highest BCUT2D eigenvalue weighted by Gasteiger charge is 2.38. The molecule has 7 heteroatoms. The van der Waals surface area contributed by atoms with Crippen LogP contribution in [0.15, 0.2) is 11.1 Å². The van der Waals surface area contributed by atoms with Crippen molar-refractivity contribution in [2.45, 2.75) is 60.1 Å². The summed E-state index contributed by atoms with van der Waals surface area (Å²) in [6.07, 6.45) is 0. The normalized spacial score (nSPS) is 16.6. The minimum Gasteiger partial charge on any atom is -0.458 e. The van der Waals surface area contributed by atoms with Crippen LogP contribution in [-0.4, -0.2) is 58.7 Å². The van der Waals surface area contributed by atoms with Gasteiger partial charge >= 0.3 is 5.97 Å². The summed E-state index contributed by atoms with van der Waals surface area (Å²) in [5, 5.41) is 0. The fourth-order valence-electron chi connectivity index (χ4n) is 2.60. The largest absolute Gasteiger partial charge is 0.458 e. The van der Waals surface area contributed by atoms with Gasteiger partial charge in [-0.15, -0.1) is 0 Å². The third-order valence-corrected chi connectivity index (χ3v) is 4.08. The number of likely N-dealkylation sites (N-methyl/N-ethyl adjacent to an activating group) is 1. The monoisotopic (exact) mass is 352 g/mol. The Morgan fingerprint density at radius 3 is 1.88 bits per heavy atom. The molecule has 1 aliphatic rings. The Hall–Kier alpha value is -2.18. The van der Waals surface area contributed by atoms with Crippen molar-refractivity contribution in [1.82, 2.24) is 9.80 Å². The van der Waals surface area contributed by atoms with E-state index in [0.29, 0.717) is 11.1 Å². The average Bonchev–Trinajstić information content (AvgIpc) is 2.62. The first-order chi connectivity index (χ1) is 11.3. The van der Waals surface area contributed by atoms with Gasteiger partial charge in [0, 0.05) is 18.2 Å². The molecule has 0 aromatic rings. The van der Waals surface area contributed by atoms with E-state index in [9.17, 15) is 19.2 Å². The molecule has 0 radical (unpaired) electrons. The highest BCUT2D eigenvalue weighted by atomic mass is 16.6. The number of carbonyl (C=O) groups is 4. The van der Waals surface area contributed by atoms with E-state index in [1.165, 1.54) is 11.9 Å². The molecule has 7 nitrogen and oxygen atoms in total. The van der Waals surface area contributed by atoms with Crippen molar-refractivity contribution in [1.29, 1.82) is 0 Å². The fourth-order valence-corrected chi connectivity index (χ4v) is 2.60. The molecule has 0 N–H and O–H groups in total. The predicted octanol–water partition coefficient (Wildman–Crippen LogP) is 1.52. The van der Waals surface area contributed by atoms with Gasteiger partial charge in [0.2, 0.25) is 5.91 Å². The third kappa shape index (κ3) is 4.67. The Balaban J connectivity index is 2.91. The number of nitrogens with zero attached hydrogens (tertiary/aromatic N) is 2. The molecule has 140 valence electrons. The van der Waals surface area contributed by atoms with Gasteiger partial charge < -0.3 is 9.64 Å². The zero-order valence-corrected chi connectivity index (χ0v) is 16.3. The topological polar surface area (TPSA) is 84.0 Å². The summed E-state index contributed by atoms with van der Waals surface area (Å²) in [5.74, 6) is -2.13. The molecule has 0 bridgehead atoms. The van der Waals surface area contributed by atoms with Crippen LogP contribution in [-0.2, 0) is 23.9 Å². The van der Waals surface area contributed by atoms with E-state index in [1.807, 2.05) is 0 Å². The van der Waals surface area contributed by atoms with Gasteiger partial charge in [0.1, 0.15) is 18.2 Å². The average molecular weight is 352 g/mol. The summed E-state index contributed by atoms with van der Waals surface area (Å²) in [5.41, 5.74) is 0.00802. The number of amides is 3. The molecule has 25 heavy (non-hydrogen) atoms. The van der Waals surface area contributed by atoms with Crippen LogP contribution in [0.3, 0.4) is 0 Å². The number of hydrogen-bond donors (Lipinski definition) is 0. The summed E-state index contributed by atoms with van der Waals surface area (Å²) in [4.78, 5) is 51.4. The van der Waals surface area contributed by atoms with Crippen LogP contribution in [0.25, 0.3) is 0 Å². The number of imide groups is 1. The first-order valence-electron chi connectivity index (χ1n) is 8.30. The maximum atomic E-state index is 12.6. The van der Waals surface area contributed by atoms with E-state index in [0.717, 1.165) is 4.90 Å². The molecule has 0 saturated carbocycles. The van der Waals surface area contributed by atoms with Crippen LogP contribution in [0.4, 0.5) is 0 Å². The third-order valence-electron chi connectivity index (χ3n) is 4.08. The summed E-state index contributed by atoms with van der Waals surface area (Å²) in [6.45, 7) is 11.6. The van der Waals surface area contributed by atoms with Gasteiger partial charge in [-0.2, -0.15) is 0 Å². The van der Waals surface area contributed by atoms with E-state index in [1.54, 1.807) is 48.5 Å². The quantitative estimate of drug-likeness (QED) is 0.553. The molecular weight excluding hydrogens is 324 g/mol. The summed E-state index contributed by atoms with van der Waals surface area (Å²) >= 11 is 0. The first-order valence-corrected chi connectivity index (χ1v) is 8.30. The van der Waals surface area contributed by atoms with E-state index in [-0.39, 0.29) is 5.92 Å². The smallest absolute Gasteiger partial charge is 0.329 e. The summed E-state index contributed by atoms with van der Waals surface area (Å²) < 4.78 is 5.39. The molecule has 1 rings (SSSR count). The number of rotatable bonds is 5. The standard InChI is InChI=1S/C18H28N2O5/c1-10(2)14(17(24)25-18(5,6)7)19(8)13(21)9-20-15(22)11(3)12(4)16(20)23/h10,14H,9H2,1-8H3. The molecule has 1 aliphatic heterocycles. The molecule has 0 aliphatic carbocycles. The SMILES string of the molecule is CC1=C(C)C(=O)N(CC(=O)N(C)C(C(=O)OC(C)(C)C)C(C)C)C1=O. The van der Waals surface area contributed by atoms with Crippen LogP contribution >= 0.6 is 0 Å². The molecule has 1 heterocycles. The molecule has 0 fully saturated rings. The lowest BCUT2D eigenvalue weighted by atomic mass is 10.0. The predicted molar refractivity (Wildman–Crippen MR) is 92.3 cm³/mol. The van der Waals surface area contributed by atoms with E-state index in [4.69, 9.17) is 4.74 Å². The molecule has 0 aromatic carbocycles. The molecule has 1 atom stereocenters. The van der Waals surface area contributed by atoms with Crippen molar-refractivity contribution < 1.29 is 23.9 Å². The second-order valence-corrected chi connectivity index (χ2v) is 7.67. The molecule has 0 spiro atoms. The van der Waals surface area contributed by atoms with Crippen molar-refractivity contribution >= 4 is 23.7 Å². The van der Waals surface area contributed by atoms with E-state index >= 15 is 0 Å². The lowest BCUT2D eigenvalue weighted by molar-refractivity contribution is -0.166. The van der Waals surface area contributed by atoms with Gasteiger partial charge in [0.15, 0.2) is 0 Å². The van der Waals surface area contributed by atoms with Gasteiger partial charge in [-0.25, -0.2) is 4.79 Å². The zero-order chi connectivity index (χ0) is 19.7. The molecule has 3 amide bonds. The lowest BCUT2D eigenvalue weighted by Gasteiger charge is -2.32. The first kappa shape index (κ1) is 20.9. The van der Waals surface area contributed by atoms with E-state index < -0.39 is 41.9 Å². The number of hydrogen-bond acceptors (Lipinski definition) is 5. The number of ether oxygens (including phenoxy) is 1. The number of esters is 1. The molecule has 1 unspecified atom stereocenters. The van der Waals surface area contributed by atoms with E-state index in [2.05, 4.69) is 0 Å². The summed E-state index contributed by atoms with van der Waals surface area (Å²) in [7, 11) is 1.48. The van der Waals surface area contributed by atoms with Gasteiger partial charge in [0.25, 0.3) is 11.8 Å². The van der Waals surface area contributed by atoms with Crippen LogP contribution in [0.5, 0.6) is 0 Å². The minimum absolute atomic E-state index is 0.185. The van der Waals surface area contributed by atoms with Gasteiger partial charge in [-0.3, -0.25) is 19.3 Å². The Morgan fingerprint density at radius 2 is 1.52 bits per heavy atom. The van der Waals surface area contributed by atoms with Gasteiger partial charge in [0.05, 0.1) is 0 Å². The van der Waals surface area contributed by atoms with Gasteiger partial charge in [-0.1, -0.05) is 13.8 Å². The molecular formula is C18H28N2O5. The second-order valence-electron chi connectivity index (χ2n) is 7.67. The maximum Gasteiger partial charge on any atom is 0.329 e. The second kappa shape index (κ2) is 7.37.